The van der Waals surface area contributed by atoms with Gasteiger partial charge in [0.15, 0.2) is 0 Å². The highest BCUT2D eigenvalue weighted by atomic mass is 16.5. The van der Waals surface area contributed by atoms with Crippen LogP contribution in [0.25, 0.3) is 0 Å². The first-order valence-corrected chi connectivity index (χ1v) is 5.74. The normalized spacial score (nSPS) is 10.2. The zero-order chi connectivity index (χ0) is 13.1. The van der Waals surface area contributed by atoms with E-state index in [1.165, 1.54) is 0 Å². The van der Waals surface area contributed by atoms with Crippen LogP contribution in [-0.4, -0.2) is 17.9 Å². The van der Waals surface area contributed by atoms with Gasteiger partial charge in [0.05, 0.1) is 7.11 Å². The minimum atomic E-state index is -0.0653. The SMILES string of the molecule is COc1c(C)cc(C(=O)c2ccccn2)cc1C. The second-order valence-electron chi connectivity index (χ2n) is 4.19. The Bertz CT molecular complexity index is 553. The number of benzene rings is 1. The lowest BCUT2D eigenvalue weighted by atomic mass is 10.0. The lowest BCUT2D eigenvalue weighted by Gasteiger charge is -2.10. The third-order valence-electron chi connectivity index (χ3n) is 2.82. The van der Waals surface area contributed by atoms with Crippen LogP contribution in [0.15, 0.2) is 36.5 Å². The number of ketones is 1. The average molecular weight is 241 g/mol. The number of nitrogens with zero attached hydrogens (tertiary/aromatic N) is 1. The molecule has 0 amide bonds. The Morgan fingerprint density at radius 1 is 1.17 bits per heavy atom. The Morgan fingerprint density at radius 3 is 2.33 bits per heavy atom. The highest BCUT2D eigenvalue weighted by Gasteiger charge is 2.13. The minimum absolute atomic E-state index is 0.0653. The molecule has 0 aliphatic heterocycles. The van der Waals surface area contributed by atoms with E-state index in [1.807, 2.05) is 32.0 Å². The van der Waals surface area contributed by atoms with Crippen LogP contribution in [-0.2, 0) is 0 Å². The van der Waals surface area contributed by atoms with Crippen molar-refractivity contribution in [3.63, 3.8) is 0 Å². The first kappa shape index (κ1) is 12.3. The Balaban J connectivity index is 2.44. The van der Waals surface area contributed by atoms with Crippen LogP contribution in [0.1, 0.15) is 27.2 Å². The number of hydrogen-bond donors (Lipinski definition) is 0. The van der Waals surface area contributed by atoms with Crippen molar-refractivity contribution < 1.29 is 9.53 Å². The van der Waals surface area contributed by atoms with Crippen molar-refractivity contribution >= 4 is 5.78 Å². The molecule has 0 aliphatic rings. The molecule has 0 saturated heterocycles. The molecule has 0 spiro atoms. The monoisotopic (exact) mass is 241 g/mol. The van der Waals surface area contributed by atoms with Crippen LogP contribution < -0.4 is 4.74 Å². The minimum Gasteiger partial charge on any atom is -0.496 e. The second-order valence-corrected chi connectivity index (χ2v) is 4.19. The molecule has 0 radical (unpaired) electrons. The zero-order valence-electron chi connectivity index (χ0n) is 10.7. The third kappa shape index (κ3) is 2.25. The molecular formula is C15H15NO2. The number of aryl methyl sites for hydroxylation is 2. The van der Waals surface area contributed by atoms with Crippen LogP contribution in [0.4, 0.5) is 0 Å². The lowest BCUT2D eigenvalue weighted by Crippen LogP contribution is -2.05. The molecule has 1 heterocycles. The first-order chi connectivity index (χ1) is 8.63. The first-order valence-electron chi connectivity index (χ1n) is 5.74. The molecule has 2 aromatic rings. The van der Waals surface area contributed by atoms with Crippen molar-refractivity contribution in [3.8, 4) is 5.75 Å². The molecule has 0 fully saturated rings. The molecule has 1 aromatic heterocycles. The summed E-state index contributed by atoms with van der Waals surface area (Å²) in [5, 5.41) is 0. The van der Waals surface area contributed by atoms with Gasteiger partial charge in [0.2, 0.25) is 5.78 Å². The Morgan fingerprint density at radius 2 is 1.83 bits per heavy atom. The summed E-state index contributed by atoms with van der Waals surface area (Å²) in [5.41, 5.74) is 3.01. The van der Waals surface area contributed by atoms with Gasteiger partial charge >= 0.3 is 0 Å². The van der Waals surface area contributed by atoms with Crippen molar-refractivity contribution in [2.75, 3.05) is 7.11 Å². The van der Waals surface area contributed by atoms with E-state index in [9.17, 15) is 4.79 Å². The molecule has 0 saturated carbocycles. The summed E-state index contributed by atoms with van der Waals surface area (Å²) < 4.78 is 5.29. The number of carbonyl (C=O) groups excluding carboxylic acids is 1. The van der Waals surface area contributed by atoms with Gasteiger partial charge in [0, 0.05) is 11.8 Å². The maximum Gasteiger partial charge on any atom is 0.211 e. The summed E-state index contributed by atoms with van der Waals surface area (Å²) in [5.74, 6) is 0.761. The van der Waals surface area contributed by atoms with Crippen LogP contribution >= 0.6 is 0 Å². The highest BCUT2D eigenvalue weighted by molar-refractivity contribution is 6.08. The molecule has 3 nitrogen and oxygen atoms in total. The highest BCUT2D eigenvalue weighted by Crippen LogP contribution is 2.25. The number of methoxy groups -OCH3 is 1. The van der Waals surface area contributed by atoms with Crippen molar-refractivity contribution in [2.45, 2.75) is 13.8 Å². The molecule has 0 atom stereocenters. The van der Waals surface area contributed by atoms with Crippen molar-refractivity contribution in [2.24, 2.45) is 0 Å². The zero-order valence-corrected chi connectivity index (χ0v) is 10.7. The fourth-order valence-electron chi connectivity index (χ4n) is 2.05. The van der Waals surface area contributed by atoms with Gasteiger partial charge in [0.1, 0.15) is 11.4 Å². The van der Waals surface area contributed by atoms with E-state index in [0.29, 0.717) is 11.3 Å². The summed E-state index contributed by atoms with van der Waals surface area (Å²) in [7, 11) is 1.63. The van der Waals surface area contributed by atoms with Crippen LogP contribution in [0, 0.1) is 13.8 Å². The van der Waals surface area contributed by atoms with Gasteiger partial charge in [-0.05, 0) is 49.2 Å². The summed E-state index contributed by atoms with van der Waals surface area (Å²) in [6, 6.07) is 8.99. The van der Waals surface area contributed by atoms with Gasteiger partial charge < -0.3 is 4.74 Å². The quantitative estimate of drug-likeness (QED) is 0.775. The lowest BCUT2D eigenvalue weighted by molar-refractivity contribution is 0.103. The van der Waals surface area contributed by atoms with Crippen LogP contribution in [0.5, 0.6) is 5.75 Å². The molecular weight excluding hydrogens is 226 g/mol. The molecule has 0 bridgehead atoms. The van der Waals surface area contributed by atoms with E-state index in [4.69, 9.17) is 4.74 Å². The van der Waals surface area contributed by atoms with E-state index in [1.54, 1.807) is 25.4 Å². The van der Waals surface area contributed by atoms with Crippen LogP contribution in [0.3, 0.4) is 0 Å². The Labute approximate surface area is 106 Å². The molecule has 18 heavy (non-hydrogen) atoms. The molecule has 3 heteroatoms. The summed E-state index contributed by atoms with van der Waals surface area (Å²) in [6.45, 7) is 3.86. The Kier molecular flexibility index (Phi) is 3.42. The third-order valence-corrected chi connectivity index (χ3v) is 2.82. The van der Waals surface area contributed by atoms with Crippen molar-refractivity contribution in [1.82, 2.24) is 4.98 Å². The van der Waals surface area contributed by atoms with Crippen molar-refractivity contribution in [1.29, 1.82) is 0 Å². The largest absolute Gasteiger partial charge is 0.496 e. The van der Waals surface area contributed by atoms with Crippen molar-refractivity contribution in [3.05, 3.63) is 58.9 Å². The average Bonchev–Trinajstić information content (AvgIpc) is 2.38. The molecule has 2 rings (SSSR count). The van der Waals surface area contributed by atoms with Gasteiger partial charge in [-0.2, -0.15) is 0 Å². The molecule has 1 aromatic carbocycles. The van der Waals surface area contributed by atoms with E-state index in [-0.39, 0.29) is 5.78 Å². The van der Waals surface area contributed by atoms with E-state index in [2.05, 4.69) is 4.98 Å². The second kappa shape index (κ2) is 5.00. The fraction of sp³-hybridized carbons (Fsp3) is 0.200. The summed E-state index contributed by atoms with van der Waals surface area (Å²) in [6.07, 6.45) is 1.62. The maximum atomic E-state index is 12.2. The predicted octanol–water partition coefficient (Wildman–Crippen LogP) is 2.94. The fourth-order valence-corrected chi connectivity index (χ4v) is 2.05. The maximum absolute atomic E-state index is 12.2. The number of ether oxygens (including phenoxy) is 1. The van der Waals surface area contributed by atoms with E-state index in [0.717, 1.165) is 16.9 Å². The number of rotatable bonds is 3. The number of pyridine rings is 1. The summed E-state index contributed by atoms with van der Waals surface area (Å²) in [4.78, 5) is 16.3. The molecule has 0 N–H and O–H groups in total. The van der Waals surface area contributed by atoms with Gasteiger partial charge in [-0.15, -0.1) is 0 Å². The summed E-state index contributed by atoms with van der Waals surface area (Å²) >= 11 is 0. The smallest absolute Gasteiger partial charge is 0.211 e. The number of aromatic nitrogens is 1. The van der Waals surface area contributed by atoms with E-state index >= 15 is 0 Å². The molecule has 0 aliphatic carbocycles. The van der Waals surface area contributed by atoms with Gasteiger partial charge in [-0.1, -0.05) is 6.07 Å². The van der Waals surface area contributed by atoms with Gasteiger partial charge in [-0.3, -0.25) is 9.78 Å². The molecule has 92 valence electrons. The predicted molar refractivity (Wildman–Crippen MR) is 70.1 cm³/mol. The standard InChI is InChI=1S/C15H15NO2/c1-10-8-12(9-11(2)15(10)18-3)14(17)13-6-4-5-7-16-13/h4-9H,1-3H3. The van der Waals surface area contributed by atoms with Crippen LogP contribution in [0.2, 0.25) is 0 Å². The van der Waals surface area contributed by atoms with Gasteiger partial charge in [-0.25, -0.2) is 0 Å². The van der Waals surface area contributed by atoms with E-state index < -0.39 is 0 Å². The number of carbonyl (C=O) groups is 1. The Hall–Kier alpha value is -2.16. The number of hydrogen-bond acceptors (Lipinski definition) is 3. The molecule has 0 unspecified atom stereocenters. The van der Waals surface area contributed by atoms with Gasteiger partial charge in [0.25, 0.3) is 0 Å². The topological polar surface area (TPSA) is 39.2 Å².